The summed E-state index contributed by atoms with van der Waals surface area (Å²) in [6.07, 6.45) is 3.47. The van der Waals surface area contributed by atoms with Gasteiger partial charge in [0.25, 0.3) is 0 Å². The number of aromatic nitrogens is 4. The van der Waals surface area contributed by atoms with Crippen LogP contribution in [0.4, 0.5) is 10.1 Å². The molecular formula is C23H22FN5O. The van der Waals surface area contributed by atoms with E-state index in [2.05, 4.69) is 15.4 Å². The summed E-state index contributed by atoms with van der Waals surface area (Å²) in [6.45, 7) is 5.63. The maximum atomic E-state index is 14.6. The number of halogens is 1. The van der Waals surface area contributed by atoms with Gasteiger partial charge < -0.3 is 9.88 Å². The van der Waals surface area contributed by atoms with Crippen LogP contribution in [0.2, 0.25) is 0 Å². The summed E-state index contributed by atoms with van der Waals surface area (Å²) in [5.41, 5.74) is 4.30. The van der Waals surface area contributed by atoms with Crippen molar-refractivity contribution in [2.45, 2.75) is 27.2 Å². The maximum Gasteiger partial charge on any atom is 0.228 e. The number of hydrogen-bond acceptors (Lipinski definition) is 3. The van der Waals surface area contributed by atoms with Crippen LogP contribution in [0, 0.1) is 26.6 Å². The number of amides is 1. The minimum Gasteiger partial charge on any atom is -0.326 e. The molecule has 0 aliphatic rings. The van der Waals surface area contributed by atoms with Crippen molar-refractivity contribution in [3.05, 3.63) is 89.5 Å². The molecule has 0 bridgehead atoms. The van der Waals surface area contributed by atoms with Crippen molar-refractivity contribution in [1.29, 1.82) is 0 Å². The number of anilines is 1. The van der Waals surface area contributed by atoms with Gasteiger partial charge in [0.05, 0.1) is 23.5 Å². The molecular weight excluding hydrogens is 381 g/mol. The lowest BCUT2D eigenvalue weighted by Gasteiger charge is -2.10. The summed E-state index contributed by atoms with van der Waals surface area (Å²) in [5, 5.41) is 7.35. The number of hydrogen-bond donors (Lipinski definition) is 1. The first-order chi connectivity index (χ1) is 14.4. The van der Waals surface area contributed by atoms with Gasteiger partial charge in [-0.05, 0) is 51.1 Å². The molecule has 0 saturated heterocycles. The predicted octanol–water partition coefficient (Wildman–Crippen LogP) is 4.30. The van der Waals surface area contributed by atoms with E-state index in [9.17, 15) is 9.18 Å². The second-order valence-corrected chi connectivity index (χ2v) is 7.13. The predicted molar refractivity (Wildman–Crippen MR) is 114 cm³/mol. The van der Waals surface area contributed by atoms with E-state index in [1.165, 1.54) is 6.07 Å². The average Bonchev–Trinajstić information content (AvgIpc) is 3.27. The molecule has 0 radical (unpaired) electrons. The zero-order chi connectivity index (χ0) is 21.3. The highest BCUT2D eigenvalue weighted by molar-refractivity contribution is 5.92. The van der Waals surface area contributed by atoms with Crippen molar-refractivity contribution < 1.29 is 9.18 Å². The third kappa shape index (κ3) is 3.74. The molecule has 4 aromatic rings. The van der Waals surface area contributed by atoms with Gasteiger partial charge in [-0.3, -0.25) is 4.79 Å². The minimum atomic E-state index is -0.432. The second-order valence-electron chi connectivity index (χ2n) is 7.13. The summed E-state index contributed by atoms with van der Waals surface area (Å²) in [5.74, 6) is 0.0324. The number of benzene rings is 2. The van der Waals surface area contributed by atoms with E-state index in [-0.39, 0.29) is 12.3 Å². The van der Waals surface area contributed by atoms with E-state index in [4.69, 9.17) is 0 Å². The summed E-state index contributed by atoms with van der Waals surface area (Å²) >= 11 is 0. The third-order valence-electron chi connectivity index (χ3n) is 5.10. The Morgan fingerprint density at radius 3 is 2.53 bits per heavy atom. The fourth-order valence-corrected chi connectivity index (χ4v) is 3.53. The van der Waals surface area contributed by atoms with Crippen molar-refractivity contribution in [2.24, 2.45) is 0 Å². The number of carbonyl (C=O) groups is 1. The molecule has 0 atom stereocenters. The topological polar surface area (TPSA) is 64.7 Å². The molecule has 0 spiro atoms. The fraction of sp³-hybridized carbons (Fsp3) is 0.174. The normalized spacial score (nSPS) is 10.9. The Morgan fingerprint density at radius 1 is 1.10 bits per heavy atom. The first-order valence-corrected chi connectivity index (χ1v) is 9.64. The van der Waals surface area contributed by atoms with Crippen LogP contribution in [0.3, 0.4) is 0 Å². The van der Waals surface area contributed by atoms with Crippen LogP contribution in [0.1, 0.15) is 22.8 Å². The first-order valence-electron chi connectivity index (χ1n) is 9.64. The number of nitrogens with one attached hydrogen (secondary N) is 1. The highest BCUT2D eigenvalue weighted by Gasteiger charge is 2.16. The third-order valence-corrected chi connectivity index (χ3v) is 5.10. The number of para-hydroxylation sites is 1. The van der Waals surface area contributed by atoms with Gasteiger partial charge in [-0.2, -0.15) is 5.10 Å². The average molecular weight is 403 g/mol. The number of nitrogens with zero attached hydrogens (tertiary/aromatic N) is 4. The second kappa shape index (κ2) is 7.94. The fourth-order valence-electron chi connectivity index (χ4n) is 3.53. The van der Waals surface area contributed by atoms with Gasteiger partial charge in [-0.25, -0.2) is 14.1 Å². The number of rotatable bonds is 5. The van der Waals surface area contributed by atoms with Gasteiger partial charge in [-0.15, -0.1) is 0 Å². The van der Waals surface area contributed by atoms with Crippen LogP contribution in [0.15, 0.2) is 60.9 Å². The Morgan fingerprint density at radius 2 is 1.87 bits per heavy atom. The van der Waals surface area contributed by atoms with Gasteiger partial charge in [0, 0.05) is 29.3 Å². The van der Waals surface area contributed by atoms with Crippen molar-refractivity contribution in [3.63, 3.8) is 0 Å². The van der Waals surface area contributed by atoms with E-state index in [1.54, 1.807) is 36.0 Å². The Labute approximate surface area is 174 Å². The molecule has 2 aromatic carbocycles. The lowest BCUT2D eigenvalue weighted by molar-refractivity contribution is -0.115. The molecule has 152 valence electrons. The lowest BCUT2D eigenvalue weighted by Crippen LogP contribution is -2.15. The molecule has 0 aliphatic heterocycles. The van der Waals surface area contributed by atoms with E-state index in [0.29, 0.717) is 17.2 Å². The Balaban J connectivity index is 1.51. The molecule has 6 nitrogen and oxygen atoms in total. The summed E-state index contributed by atoms with van der Waals surface area (Å²) in [7, 11) is 0. The Bertz CT molecular complexity index is 1210. The van der Waals surface area contributed by atoms with Crippen molar-refractivity contribution in [2.75, 3.05) is 5.32 Å². The molecule has 4 rings (SSSR count). The SMILES string of the molecule is Cc1nn(-c2ccccc2)c(C)c1CC(=O)Nc1ccc(-n2ccnc2C)c(F)c1. The van der Waals surface area contributed by atoms with Crippen LogP contribution in [-0.4, -0.2) is 25.2 Å². The molecule has 0 fully saturated rings. The van der Waals surface area contributed by atoms with Gasteiger partial charge in [0.2, 0.25) is 5.91 Å². The summed E-state index contributed by atoms with van der Waals surface area (Å²) in [4.78, 5) is 16.7. The highest BCUT2D eigenvalue weighted by Crippen LogP contribution is 2.21. The van der Waals surface area contributed by atoms with Gasteiger partial charge in [0.1, 0.15) is 11.6 Å². The molecule has 0 aliphatic carbocycles. The van der Waals surface area contributed by atoms with Gasteiger partial charge in [-0.1, -0.05) is 18.2 Å². The first kappa shape index (κ1) is 19.6. The molecule has 0 saturated carbocycles. The highest BCUT2D eigenvalue weighted by atomic mass is 19.1. The molecule has 2 heterocycles. The van der Waals surface area contributed by atoms with E-state index >= 15 is 0 Å². The van der Waals surface area contributed by atoms with E-state index in [0.717, 1.165) is 22.6 Å². The Hall–Kier alpha value is -3.74. The molecule has 30 heavy (non-hydrogen) atoms. The molecule has 7 heteroatoms. The van der Waals surface area contributed by atoms with Gasteiger partial charge >= 0.3 is 0 Å². The molecule has 2 aromatic heterocycles. The number of imidazole rings is 1. The van der Waals surface area contributed by atoms with Crippen molar-refractivity contribution >= 4 is 11.6 Å². The van der Waals surface area contributed by atoms with Crippen molar-refractivity contribution in [1.82, 2.24) is 19.3 Å². The van der Waals surface area contributed by atoms with Gasteiger partial charge in [0.15, 0.2) is 0 Å². The van der Waals surface area contributed by atoms with Crippen LogP contribution in [0.5, 0.6) is 0 Å². The van der Waals surface area contributed by atoms with E-state index < -0.39 is 5.82 Å². The summed E-state index contributed by atoms with van der Waals surface area (Å²) in [6, 6.07) is 14.4. The van der Waals surface area contributed by atoms with Crippen LogP contribution >= 0.6 is 0 Å². The Kier molecular flexibility index (Phi) is 5.18. The van der Waals surface area contributed by atoms with Crippen LogP contribution < -0.4 is 5.32 Å². The zero-order valence-electron chi connectivity index (χ0n) is 17.1. The smallest absolute Gasteiger partial charge is 0.228 e. The standard InChI is InChI=1S/C23H22FN5O/c1-15-20(16(2)29(27-15)19-7-5-4-6-8-19)14-23(30)26-18-9-10-22(21(24)13-18)28-12-11-25-17(28)3/h4-13H,14H2,1-3H3,(H,26,30). The molecule has 1 N–H and O–H groups in total. The van der Waals surface area contributed by atoms with E-state index in [1.807, 2.05) is 48.9 Å². The monoisotopic (exact) mass is 403 g/mol. The minimum absolute atomic E-state index is 0.161. The molecule has 0 unspecified atom stereocenters. The van der Waals surface area contributed by atoms with Crippen LogP contribution in [0.25, 0.3) is 11.4 Å². The lowest BCUT2D eigenvalue weighted by atomic mass is 10.1. The quantitative estimate of drug-likeness (QED) is 0.540. The van der Waals surface area contributed by atoms with Crippen molar-refractivity contribution in [3.8, 4) is 11.4 Å². The molecule has 1 amide bonds. The largest absolute Gasteiger partial charge is 0.326 e. The zero-order valence-corrected chi connectivity index (χ0v) is 17.1. The maximum absolute atomic E-state index is 14.6. The summed E-state index contributed by atoms with van der Waals surface area (Å²) < 4.78 is 18.1. The number of carbonyl (C=O) groups excluding carboxylic acids is 1. The van der Waals surface area contributed by atoms with Crippen LogP contribution in [-0.2, 0) is 11.2 Å². The number of aryl methyl sites for hydroxylation is 2.